The van der Waals surface area contributed by atoms with Crippen LogP contribution < -0.4 is 0 Å². The topological polar surface area (TPSA) is 57.5 Å². The molecule has 0 radical (unpaired) electrons. The molecular weight excluding hydrogens is 300 g/mol. The van der Waals surface area contributed by atoms with Crippen molar-refractivity contribution in [3.63, 3.8) is 0 Å². The highest BCUT2D eigenvalue weighted by Gasteiger charge is 2.63. The van der Waals surface area contributed by atoms with Gasteiger partial charge >= 0.3 is 0 Å². The van der Waals surface area contributed by atoms with Gasteiger partial charge in [0.25, 0.3) is 0 Å². The van der Waals surface area contributed by atoms with E-state index in [4.69, 9.17) is 0 Å². The smallest absolute Gasteiger partial charge is 0.137 e. The van der Waals surface area contributed by atoms with E-state index in [1.54, 1.807) is 0 Å². The van der Waals surface area contributed by atoms with E-state index in [-0.39, 0.29) is 34.9 Å². The molecule has 0 amide bonds. The predicted molar refractivity (Wildman–Crippen MR) is 93.3 cm³/mol. The minimum absolute atomic E-state index is 0.00376. The van der Waals surface area contributed by atoms with Gasteiger partial charge < -0.3 is 10.2 Å². The van der Waals surface area contributed by atoms with Crippen LogP contribution in [0.2, 0.25) is 0 Å². The maximum atomic E-state index is 13.3. The van der Waals surface area contributed by atoms with E-state index in [0.717, 1.165) is 32.1 Å². The third-order valence-electron chi connectivity index (χ3n) is 8.98. The average Bonchev–Trinajstić information content (AvgIpc) is 2.84. The maximum absolute atomic E-state index is 13.3. The van der Waals surface area contributed by atoms with Crippen LogP contribution in [-0.4, -0.2) is 28.2 Å². The van der Waals surface area contributed by atoms with Gasteiger partial charge in [0.1, 0.15) is 5.78 Å². The molecule has 0 aromatic heterocycles. The Bertz CT molecular complexity index is 529. The highest BCUT2D eigenvalue weighted by atomic mass is 16.3. The van der Waals surface area contributed by atoms with Gasteiger partial charge in [-0.2, -0.15) is 0 Å². The molecule has 1 unspecified atom stereocenters. The molecule has 2 N–H and O–H groups in total. The van der Waals surface area contributed by atoms with Crippen LogP contribution in [0.15, 0.2) is 0 Å². The van der Waals surface area contributed by atoms with Crippen LogP contribution in [0, 0.1) is 40.4 Å². The average molecular weight is 335 g/mol. The Balaban J connectivity index is 1.67. The monoisotopic (exact) mass is 334 g/mol. The summed E-state index contributed by atoms with van der Waals surface area (Å²) in [5.74, 6) is 2.58. The van der Waals surface area contributed by atoms with E-state index in [0.29, 0.717) is 30.0 Å². The maximum Gasteiger partial charge on any atom is 0.137 e. The number of aliphatic hydroxyl groups is 2. The molecule has 4 aliphatic rings. The molecule has 0 bridgehead atoms. The van der Waals surface area contributed by atoms with Gasteiger partial charge in [-0.1, -0.05) is 13.8 Å². The fourth-order valence-electron chi connectivity index (χ4n) is 7.88. The lowest BCUT2D eigenvalue weighted by atomic mass is 9.44. The van der Waals surface area contributed by atoms with Crippen LogP contribution in [-0.2, 0) is 4.79 Å². The Kier molecular flexibility index (Phi) is 3.93. The lowest BCUT2D eigenvalue weighted by Gasteiger charge is -2.60. The molecule has 4 saturated carbocycles. The van der Waals surface area contributed by atoms with E-state index < -0.39 is 0 Å². The van der Waals surface area contributed by atoms with Gasteiger partial charge in [0.05, 0.1) is 12.2 Å². The minimum atomic E-state index is -0.305. The zero-order chi connectivity index (χ0) is 17.3. The molecule has 3 nitrogen and oxygen atoms in total. The first-order valence-electron chi connectivity index (χ1n) is 10.2. The molecule has 4 rings (SSSR count). The molecule has 0 spiro atoms. The summed E-state index contributed by atoms with van der Waals surface area (Å²) >= 11 is 0. The summed E-state index contributed by atoms with van der Waals surface area (Å²) in [5, 5.41) is 20.4. The first-order chi connectivity index (χ1) is 11.3. The molecule has 0 aromatic carbocycles. The van der Waals surface area contributed by atoms with Crippen LogP contribution in [0.1, 0.15) is 72.1 Å². The fraction of sp³-hybridized carbons (Fsp3) is 0.952. The Morgan fingerprint density at radius 1 is 1.08 bits per heavy atom. The lowest BCUT2D eigenvalue weighted by Crippen LogP contribution is -2.58. The number of carbonyl (C=O) groups excluding carboxylic acids is 1. The number of hydrogen-bond donors (Lipinski definition) is 2. The Morgan fingerprint density at radius 2 is 1.83 bits per heavy atom. The standard InChI is InChI=1S/C21H34O3/c1-12(22)16-6-7-17-15-5-4-13-10-14(23)8-9-20(13,2)19(15)18(24)11-21(16,17)3/h12-17,19,22-23H,4-11H2,1-3H3/t12?,13-,14-,15+,16-,17+,19-,20+,21-/m1/s1. The summed E-state index contributed by atoms with van der Waals surface area (Å²) in [6.07, 6.45) is 7.56. The number of carbonyl (C=O) groups is 1. The number of Topliss-reactive ketones (excluding diaryl/α,β-unsaturated/α-hetero) is 1. The fourth-order valence-corrected chi connectivity index (χ4v) is 7.88. The van der Waals surface area contributed by atoms with Gasteiger partial charge in [0.15, 0.2) is 0 Å². The van der Waals surface area contributed by atoms with E-state index in [1.165, 1.54) is 12.8 Å². The molecule has 3 heteroatoms. The van der Waals surface area contributed by atoms with Gasteiger partial charge in [-0.25, -0.2) is 0 Å². The van der Waals surface area contributed by atoms with Crippen molar-refractivity contribution in [1.82, 2.24) is 0 Å². The molecule has 0 aliphatic heterocycles. The predicted octanol–water partition coefficient (Wildman–Crippen LogP) is 3.57. The first kappa shape index (κ1) is 17.0. The van der Waals surface area contributed by atoms with Crippen molar-refractivity contribution in [1.29, 1.82) is 0 Å². The van der Waals surface area contributed by atoms with Gasteiger partial charge in [0.2, 0.25) is 0 Å². The number of rotatable bonds is 1. The van der Waals surface area contributed by atoms with Crippen LogP contribution in [0.3, 0.4) is 0 Å². The van der Waals surface area contributed by atoms with Crippen molar-refractivity contribution < 1.29 is 15.0 Å². The summed E-state index contributed by atoms with van der Waals surface area (Å²) < 4.78 is 0. The van der Waals surface area contributed by atoms with E-state index in [1.807, 2.05) is 6.92 Å². The number of hydrogen-bond acceptors (Lipinski definition) is 3. The lowest BCUT2D eigenvalue weighted by molar-refractivity contribution is -0.163. The zero-order valence-electron chi connectivity index (χ0n) is 15.5. The Morgan fingerprint density at radius 3 is 2.54 bits per heavy atom. The van der Waals surface area contributed by atoms with Gasteiger partial charge in [-0.05, 0) is 86.4 Å². The third kappa shape index (κ3) is 2.19. The molecule has 9 atom stereocenters. The highest BCUT2D eigenvalue weighted by Crippen LogP contribution is 2.66. The molecule has 4 aliphatic carbocycles. The molecule has 0 saturated heterocycles. The van der Waals surface area contributed by atoms with Crippen molar-refractivity contribution in [2.24, 2.45) is 40.4 Å². The Labute approximate surface area is 146 Å². The van der Waals surface area contributed by atoms with Crippen molar-refractivity contribution in [3.05, 3.63) is 0 Å². The molecular formula is C21H34O3. The summed E-state index contributed by atoms with van der Waals surface area (Å²) in [7, 11) is 0. The molecule has 0 heterocycles. The summed E-state index contributed by atoms with van der Waals surface area (Å²) in [6.45, 7) is 6.55. The largest absolute Gasteiger partial charge is 0.393 e. The third-order valence-corrected chi connectivity index (χ3v) is 8.98. The van der Waals surface area contributed by atoms with Crippen LogP contribution >= 0.6 is 0 Å². The summed E-state index contributed by atoms with van der Waals surface area (Å²) in [5.41, 5.74) is 0.104. The van der Waals surface area contributed by atoms with Crippen LogP contribution in [0.4, 0.5) is 0 Å². The zero-order valence-corrected chi connectivity index (χ0v) is 15.5. The summed E-state index contributed by atoms with van der Waals surface area (Å²) in [6, 6.07) is 0. The first-order valence-corrected chi connectivity index (χ1v) is 10.2. The van der Waals surface area contributed by atoms with Crippen molar-refractivity contribution >= 4 is 5.78 Å². The van der Waals surface area contributed by atoms with Crippen molar-refractivity contribution in [2.75, 3.05) is 0 Å². The quantitative estimate of drug-likeness (QED) is 0.771. The van der Waals surface area contributed by atoms with E-state index in [9.17, 15) is 15.0 Å². The normalized spacial score (nSPS) is 55.5. The molecule has 4 fully saturated rings. The highest BCUT2D eigenvalue weighted by molar-refractivity contribution is 5.84. The van der Waals surface area contributed by atoms with Gasteiger partial charge in [-0.3, -0.25) is 4.79 Å². The molecule has 24 heavy (non-hydrogen) atoms. The Hall–Kier alpha value is -0.410. The number of ketones is 1. The second kappa shape index (κ2) is 5.54. The molecule has 136 valence electrons. The van der Waals surface area contributed by atoms with E-state index in [2.05, 4.69) is 13.8 Å². The van der Waals surface area contributed by atoms with Gasteiger partial charge in [-0.15, -0.1) is 0 Å². The molecule has 0 aromatic rings. The van der Waals surface area contributed by atoms with Crippen LogP contribution in [0.5, 0.6) is 0 Å². The van der Waals surface area contributed by atoms with Crippen molar-refractivity contribution in [3.8, 4) is 0 Å². The van der Waals surface area contributed by atoms with Gasteiger partial charge in [0, 0.05) is 12.3 Å². The number of fused-ring (bicyclic) bond motifs is 5. The van der Waals surface area contributed by atoms with Crippen LogP contribution in [0.25, 0.3) is 0 Å². The minimum Gasteiger partial charge on any atom is -0.393 e. The SMILES string of the molecule is CC(O)[C@H]1CC[C@H]2[C@@H]3CC[C@@H]4C[C@H](O)CC[C@]4(C)[C@H]3C(=O)C[C@]12C. The van der Waals surface area contributed by atoms with E-state index >= 15 is 0 Å². The second-order valence-corrected chi connectivity index (χ2v) is 10.0. The number of aliphatic hydroxyl groups excluding tert-OH is 2. The van der Waals surface area contributed by atoms with Crippen molar-refractivity contribution in [2.45, 2.75) is 84.3 Å². The summed E-state index contributed by atoms with van der Waals surface area (Å²) in [4.78, 5) is 13.3. The second-order valence-electron chi connectivity index (χ2n) is 10.0.